The molecule has 9 nitrogen and oxygen atoms in total. The molecule has 2 fully saturated rings. The van der Waals surface area contributed by atoms with Gasteiger partial charge in [-0.15, -0.1) is 0 Å². The third kappa shape index (κ3) is 5.74. The minimum atomic E-state index is -3.43. The highest BCUT2D eigenvalue weighted by atomic mass is 19.3. The van der Waals surface area contributed by atoms with Crippen molar-refractivity contribution in [2.75, 3.05) is 44.2 Å². The average Bonchev–Trinajstić information content (AvgIpc) is 3.32. The maximum Gasteiger partial charge on any atom is 0.407 e. The zero-order valence-corrected chi connectivity index (χ0v) is 23.3. The molecule has 0 saturated carbocycles. The van der Waals surface area contributed by atoms with Crippen LogP contribution in [0.15, 0.2) is 36.5 Å². The van der Waals surface area contributed by atoms with Crippen molar-refractivity contribution in [1.29, 1.82) is 0 Å². The molecule has 2 atom stereocenters. The van der Waals surface area contributed by atoms with Gasteiger partial charge >= 0.3 is 12.0 Å². The highest BCUT2D eigenvalue weighted by Gasteiger charge is 2.49. The Kier molecular flexibility index (Phi) is 7.47. The number of hydrogen-bond acceptors (Lipinski definition) is 5. The summed E-state index contributed by atoms with van der Waals surface area (Å²) in [6, 6.07) is 7.07. The number of rotatable bonds is 6. The summed E-state index contributed by atoms with van der Waals surface area (Å²) in [5, 5.41) is 9.68. The van der Waals surface area contributed by atoms with Crippen molar-refractivity contribution in [1.82, 2.24) is 19.7 Å². The second kappa shape index (κ2) is 10.6. The summed E-state index contributed by atoms with van der Waals surface area (Å²) in [4.78, 5) is 48.4. The van der Waals surface area contributed by atoms with Crippen molar-refractivity contribution >= 4 is 23.6 Å². The summed E-state index contributed by atoms with van der Waals surface area (Å²) in [6.45, 7) is 6.05. The van der Waals surface area contributed by atoms with Crippen LogP contribution in [0.1, 0.15) is 44.0 Å². The number of fused-ring (bicyclic) bond motifs is 1. The van der Waals surface area contributed by atoms with E-state index in [4.69, 9.17) is 0 Å². The Bertz CT molecular complexity index is 1350. The maximum absolute atomic E-state index is 13.9. The van der Waals surface area contributed by atoms with Gasteiger partial charge in [-0.05, 0) is 42.7 Å². The molecule has 0 unspecified atom stereocenters. The zero-order valence-electron chi connectivity index (χ0n) is 23.3. The van der Waals surface area contributed by atoms with E-state index >= 15 is 0 Å². The van der Waals surface area contributed by atoms with E-state index in [0.29, 0.717) is 18.7 Å². The number of amides is 3. The predicted molar refractivity (Wildman–Crippen MR) is 145 cm³/mol. The van der Waals surface area contributed by atoms with Gasteiger partial charge in [0.25, 0.3) is 5.91 Å². The number of alkyl halides is 2. The first-order chi connectivity index (χ1) is 19.2. The second-order valence-corrected chi connectivity index (χ2v) is 12.0. The van der Waals surface area contributed by atoms with E-state index in [1.807, 2.05) is 19.9 Å². The van der Waals surface area contributed by atoms with Crippen molar-refractivity contribution in [3.05, 3.63) is 59.2 Å². The van der Waals surface area contributed by atoms with Crippen molar-refractivity contribution in [2.45, 2.75) is 57.0 Å². The van der Waals surface area contributed by atoms with Gasteiger partial charge in [0.15, 0.2) is 0 Å². The normalized spacial score (nSPS) is 23.7. The molecule has 1 aromatic carbocycles. The highest BCUT2D eigenvalue weighted by Crippen LogP contribution is 2.40. The number of carbonyl (C=O) groups excluding carboxylic acids is 2. The molecule has 1 aromatic heterocycles. The molecule has 4 heterocycles. The van der Waals surface area contributed by atoms with E-state index in [1.54, 1.807) is 35.1 Å². The van der Waals surface area contributed by atoms with Crippen LogP contribution >= 0.6 is 0 Å². The fraction of sp³-hybridized carbons (Fsp3) is 0.517. The molecule has 2 saturated heterocycles. The molecule has 220 valence electrons. The number of pyridine rings is 1. The van der Waals surface area contributed by atoms with Crippen LogP contribution in [0.4, 0.5) is 23.7 Å². The van der Waals surface area contributed by atoms with E-state index < -0.39 is 41.8 Å². The molecule has 1 N–H and O–H groups in total. The lowest BCUT2D eigenvalue weighted by molar-refractivity contribution is -0.148. The number of piperazine rings is 1. The van der Waals surface area contributed by atoms with E-state index in [-0.39, 0.29) is 44.4 Å². The van der Waals surface area contributed by atoms with Crippen LogP contribution in [0.3, 0.4) is 0 Å². The Morgan fingerprint density at radius 2 is 1.83 bits per heavy atom. The van der Waals surface area contributed by atoms with Crippen LogP contribution in [0.5, 0.6) is 0 Å². The number of halogens is 3. The highest BCUT2D eigenvalue weighted by molar-refractivity contribution is 5.97. The van der Waals surface area contributed by atoms with Gasteiger partial charge in [0.1, 0.15) is 5.82 Å². The summed E-state index contributed by atoms with van der Waals surface area (Å²) in [5.41, 5.74) is 2.81. The number of nitrogens with zero attached hydrogens (tertiary/aromatic N) is 5. The SMILES string of the molecule is C[C@@H]1CN(CC(=O)N2CC(C)(C)c3ncc(Cc4ccc(F)cc4)cc32)[C@@H](CN2CCC(F)(F)C2=O)CN1C(=O)O. The van der Waals surface area contributed by atoms with Crippen molar-refractivity contribution in [3.63, 3.8) is 0 Å². The Balaban J connectivity index is 1.37. The average molecular weight is 574 g/mol. The lowest BCUT2D eigenvalue weighted by Crippen LogP contribution is -2.63. The number of anilines is 1. The number of aromatic nitrogens is 1. The standard InChI is InChI=1S/C29H34F3N5O4/c1-18-13-35(22(15-36(18)27(40)41)14-34-9-8-29(31,32)26(34)39)16-24(38)37-17-28(2,3)25-23(37)11-20(12-33-25)10-19-4-6-21(30)7-5-19/h4-7,11-12,18,22H,8-10,13-17H2,1-3H3,(H,40,41)/t18-,22+/m1/s1. The Labute approximate surface area is 236 Å². The molecule has 5 rings (SSSR count). The van der Waals surface area contributed by atoms with Crippen LogP contribution < -0.4 is 4.90 Å². The van der Waals surface area contributed by atoms with Gasteiger partial charge in [0.2, 0.25) is 5.91 Å². The summed E-state index contributed by atoms with van der Waals surface area (Å²) in [5.74, 6) is -5.24. The lowest BCUT2D eigenvalue weighted by atomic mass is 9.91. The van der Waals surface area contributed by atoms with E-state index in [9.17, 15) is 32.7 Å². The zero-order chi connectivity index (χ0) is 29.7. The molecule has 12 heteroatoms. The number of hydrogen-bond donors (Lipinski definition) is 1. The summed E-state index contributed by atoms with van der Waals surface area (Å²) in [7, 11) is 0. The topological polar surface area (TPSA) is 97.3 Å². The van der Waals surface area contributed by atoms with E-state index in [1.165, 1.54) is 17.0 Å². The molecule has 3 amide bonds. The lowest BCUT2D eigenvalue weighted by Gasteiger charge is -2.45. The molecule has 0 radical (unpaired) electrons. The summed E-state index contributed by atoms with van der Waals surface area (Å²) >= 11 is 0. The minimum Gasteiger partial charge on any atom is -0.465 e. The van der Waals surface area contributed by atoms with Crippen LogP contribution in [0.25, 0.3) is 0 Å². The fourth-order valence-electron chi connectivity index (χ4n) is 6.08. The molecule has 3 aliphatic rings. The van der Waals surface area contributed by atoms with Gasteiger partial charge in [-0.3, -0.25) is 19.5 Å². The molecule has 41 heavy (non-hydrogen) atoms. The number of carboxylic acid groups (broad SMARTS) is 1. The van der Waals surface area contributed by atoms with Crippen LogP contribution in [-0.2, 0) is 21.4 Å². The molecular formula is C29H34F3N5O4. The molecular weight excluding hydrogens is 539 g/mol. The van der Waals surface area contributed by atoms with Gasteiger partial charge in [-0.1, -0.05) is 26.0 Å². The fourth-order valence-corrected chi connectivity index (χ4v) is 6.08. The molecule has 3 aliphatic heterocycles. The first kappa shape index (κ1) is 28.8. The Morgan fingerprint density at radius 1 is 1.12 bits per heavy atom. The minimum absolute atomic E-state index is 0.00934. The van der Waals surface area contributed by atoms with E-state index in [0.717, 1.165) is 21.7 Å². The van der Waals surface area contributed by atoms with Gasteiger partial charge in [0, 0.05) is 62.8 Å². The van der Waals surface area contributed by atoms with Gasteiger partial charge in [-0.25, -0.2) is 9.18 Å². The largest absolute Gasteiger partial charge is 0.465 e. The van der Waals surface area contributed by atoms with Crippen molar-refractivity contribution in [2.24, 2.45) is 0 Å². The van der Waals surface area contributed by atoms with Crippen molar-refractivity contribution in [3.8, 4) is 0 Å². The quantitative estimate of drug-likeness (QED) is 0.570. The monoisotopic (exact) mass is 573 g/mol. The van der Waals surface area contributed by atoms with Crippen molar-refractivity contribution < 1.29 is 32.7 Å². The van der Waals surface area contributed by atoms with Crippen LogP contribution in [-0.4, -0.2) is 100.0 Å². The maximum atomic E-state index is 13.9. The van der Waals surface area contributed by atoms with Crippen LogP contribution in [0.2, 0.25) is 0 Å². The number of benzene rings is 1. The smallest absolute Gasteiger partial charge is 0.407 e. The molecule has 0 spiro atoms. The van der Waals surface area contributed by atoms with Gasteiger partial charge in [-0.2, -0.15) is 8.78 Å². The molecule has 0 bridgehead atoms. The van der Waals surface area contributed by atoms with E-state index in [2.05, 4.69) is 4.98 Å². The first-order valence-electron chi connectivity index (χ1n) is 13.7. The summed E-state index contributed by atoms with van der Waals surface area (Å²) < 4.78 is 41.2. The van der Waals surface area contributed by atoms with Gasteiger partial charge in [0.05, 0.1) is 17.9 Å². The number of likely N-dealkylation sites (tertiary alicyclic amines) is 1. The molecule has 2 aromatic rings. The third-order valence-electron chi connectivity index (χ3n) is 8.30. The number of carbonyl (C=O) groups is 3. The molecule has 0 aliphatic carbocycles. The summed E-state index contributed by atoms with van der Waals surface area (Å²) in [6.07, 6.45) is 0.558. The predicted octanol–water partition coefficient (Wildman–Crippen LogP) is 3.36. The third-order valence-corrected chi connectivity index (χ3v) is 8.30. The Morgan fingerprint density at radius 3 is 2.46 bits per heavy atom. The second-order valence-electron chi connectivity index (χ2n) is 12.0. The Hall–Kier alpha value is -3.67. The van der Waals surface area contributed by atoms with Gasteiger partial charge < -0.3 is 19.8 Å². The van der Waals surface area contributed by atoms with Crippen LogP contribution in [0, 0.1) is 5.82 Å². The first-order valence-corrected chi connectivity index (χ1v) is 13.7.